The first-order valence-corrected chi connectivity index (χ1v) is 7.00. The maximum Gasteiger partial charge on any atom is 0.176 e. The summed E-state index contributed by atoms with van der Waals surface area (Å²) in [7, 11) is 0. The molecule has 0 amide bonds. The van der Waals surface area contributed by atoms with Gasteiger partial charge < -0.3 is 5.43 Å². The fourth-order valence-corrected chi connectivity index (χ4v) is 2.75. The van der Waals surface area contributed by atoms with E-state index in [2.05, 4.69) is 24.8 Å². The predicted octanol–water partition coefficient (Wildman–Crippen LogP) is 2.20. The van der Waals surface area contributed by atoms with Gasteiger partial charge in [-0.3, -0.25) is 0 Å². The number of rotatable bonds is 4. The third-order valence-corrected chi connectivity index (χ3v) is 4.10. The SMILES string of the molecule is Cc1c(NN)nc(C(C)C)nc1Sc1ncns1. The summed E-state index contributed by atoms with van der Waals surface area (Å²) in [5, 5.41) is 0.860. The molecule has 0 saturated carbocycles. The average molecular weight is 282 g/mol. The van der Waals surface area contributed by atoms with E-state index in [9.17, 15) is 0 Å². The molecule has 0 atom stereocenters. The molecule has 0 fully saturated rings. The van der Waals surface area contributed by atoms with Crippen molar-refractivity contribution in [1.82, 2.24) is 19.3 Å². The molecule has 0 aromatic carbocycles. The van der Waals surface area contributed by atoms with E-state index < -0.39 is 0 Å². The minimum Gasteiger partial charge on any atom is -0.308 e. The number of nitrogens with one attached hydrogen (secondary N) is 1. The second-order valence-corrected chi connectivity index (χ2v) is 5.98. The van der Waals surface area contributed by atoms with E-state index >= 15 is 0 Å². The second-order valence-electron chi connectivity index (χ2n) is 3.97. The van der Waals surface area contributed by atoms with Gasteiger partial charge >= 0.3 is 0 Å². The molecule has 2 aromatic heterocycles. The molecule has 0 aliphatic rings. The van der Waals surface area contributed by atoms with Crippen LogP contribution in [0.25, 0.3) is 0 Å². The fraction of sp³-hybridized carbons (Fsp3) is 0.400. The molecule has 0 saturated heterocycles. The molecule has 8 heteroatoms. The van der Waals surface area contributed by atoms with Crippen LogP contribution in [-0.4, -0.2) is 19.3 Å². The van der Waals surface area contributed by atoms with Crippen LogP contribution in [0.15, 0.2) is 15.7 Å². The molecule has 0 aliphatic carbocycles. The zero-order valence-electron chi connectivity index (χ0n) is 10.3. The molecule has 0 spiro atoms. The Hall–Kier alpha value is -1.25. The first-order valence-electron chi connectivity index (χ1n) is 5.41. The fourth-order valence-electron chi connectivity index (χ4n) is 1.30. The molecule has 3 N–H and O–H groups in total. The lowest BCUT2D eigenvalue weighted by molar-refractivity contribution is 0.749. The minimum atomic E-state index is 0.242. The standard InChI is InChI=1S/C10H14N6S2/c1-5(2)7-14-8(16-11)6(3)9(15-7)17-10-12-4-13-18-10/h4-5H,11H2,1-3H3,(H,14,15,16). The molecule has 2 aromatic rings. The van der Waals surface area contributed by atoms with Crippen molar-refractivity contribution in [3.63, 3.8) is 0 Å². The average Bonchev–Trinajstić information content (AvgIpc) is 2.84. The highest BCUT2D eigenvalue weighted by atomic mass is 32.2. The molecular weight excluding hydrogens is 268 g/mol. The van der Waals surface area contributed by atoms with Gasteiger partial charge in [0.25, 0.3) is 0 Å². The second kappa shape index (κ2) is 5.59. The number of aromatic nitrogens is 4. The molecule has 2 rings (SSSR count). The van der Waals surface area contributed by atoms with Gasteiger partial charge in [0.1, 0.15) is 23.0 Å². The minimum absolute atomic E-state index is 0.242. The smallest absolute Gasteiger partial charge is 0.176 e. The van der Waals surface area contributed by atoms with E-state index in [-0.39, 0.29) is 5.92 Å². The van der Waals surface area contributed by atoms with Crippen LogP contribution in [0.2, 0.25) is 0 Å². The quantitative estimate of drug-likeness (QED) is 0.504. The number of hydrogen-bond donors (Lipinski definition) is 2. The summed E-state index contributed by atoms with van der Waals surface area (Å²) in [4.78, 5) is 13.1. The summed E-state index contributed by atoms with van der Waals surface area (Å²) >= 11 is 2.82. The summed E-state index contributed by atoms with van der Waals surface area (Å²) in [6.07, 6.45) is 1.54. The van der Waals surface area contributed by atoms with Gasteiger partial charge in [-0.2, -0.15) is 4.37 Å². The summed E-state index contributed by atoms with van der Waals surface area (Å²) < 4.78 is 4.83. The Morgan fingerprint density at radius 2 is 2.17 bits per heavy atom. The van der Waals surface area contributed by atoms with Crippen LogP contribution >= 0.6 is 23.3 Å². The Bertz CT molecular complexity index is 525. The van der Waals surface area contributed by atoms with E-state index in [0.29, 0.717) is 5.82 Å². The lowest BCUT2D eigenvalue weighted by Crippen LogP contribution is -2.13. The lowest BCUT2D eigenvalue weighted by atomic mass is 10.2. The van der Waals surface area contributed by atoms with Crippen LogP contribution in [0, 0.1) is 6.92 Å². The number of hydrogen-bond acceptors (Lipinski definition) is 8. The van der Waals surface area contributed by atoms with Gasteiger partial charge in [0, 0.05) is 11.5 Å². The van der Waals surface area contributed by atoms with Crippen molar-refractivity contribution in [3.05, 3.63) is 17.7 Å². The van der Waals surface area contributed by atoms with E-state index in [0.717, 1.165) is 20.8 Å². The molecule has 96 valence electrons. The van der Waals surface area contributed by atoms with Crippen LogP contribution in [0.4, 0.5) is 5.82 Å². The third kappa shape index (κ3) is 2.77. The molecule has 18 heavy (non-hydrogen) atoms. The Labute approximate surface area is 114 Å². The van der Waals surface area contributed by atoms with Crippen LogP contribution in [0.3, 0.4) is 0 Å². The number of anilines is 1. The van der Waals surface area contributed by atoms with E-state index in [4.69, 9.17) is 5.84 Å². The summed E-state index contributed by atoms with van der Waals surface area (Å²) in [6, 6.07) is 0. The number of hydrazine groups is 1. The highest BCUT2D eigenvalue weighted by Gasteiger charge is 2.14. The van der Waals surface area contributed by atoms with Crippen LogP contribution in [0.5, 0.6) is 0 Å². The topological polar surface area (TPSA) is 89.6 Å². The van der Waals surface area contributed by atoms with Crippen molar-refractivity contribution in [2.24, 2.45) is 5.84 Å². The molecule has 0 radical (unpaired) electrons. The zero-order valence-corrected chi connectivity index (χ0v) is 12.0. The number of nitrogens with zero attached hydrogens (tertiary/aromatic N) is 4. The molecule has 0 aliphatic heterocycles. The van der Waals surface area contributed by atoms with Crippen molar-refractivity contribution >= 4 is 29.1 Å². The maximum atomic E-state index is 5.49. The third-order valence-electron chi connectivity index (χ3n) is 2.30. The van der Waals surface area contributed by atoms with Crippen molar-refractivity contribution in [2.45, 2.75) is 36.1 Å². The first-order chi connectivity index (χ1) is 8.61. The largest absolute Gasteiger partial charge is 0.308 e. The van der Waals surface area contributed by atoms with Gasteiger partial charge in [-0.15, -0.1) is 0 Å². The van der Waals surface area contributed by atoms with E-state index in [1.165, 1.54) is 29.6 Å². The summed E-state index contributed by atoms with van der Waals surface area (Å²) in [5.74, 6) is 7.15. The lowest BCUT2D eigenvalue weighted by Gasteiger charge is -2.12. The summed E-state index contributed by atoms with van der Waals surface area (Å²) in [5.41, 5.74) is 3.53. The number of nitrogens with two attached hydrogens (primary N) is 1. The van der Waals surface area contributed by atoms with E-state index in [1.54, 1.807) is 0 Å². The van der Waals surface area contributed by atoms with Crippen LogP contribution in [-0.2, 0) is 0 Å². The maximum absolute atomic E-state index is 5.49. The summed E-state index contributed by atoms with van der Waals surface area (Å²) in [6.45, 7) is 6.03. The monoisotopic (exact) mass is 282 g/mol. The Morgan fingerprint density at radius 3 is 2.72 bits per heavy atom. The van der Waals surface area contributed by atoms with Gasteiger partial charge in [0.15, 0.2) is 4.34 Å². The Balaban J connectivity index is 2.41. The van der Waals surface area contributed by atoms with Crippen molar-refractivity contribution < 1.29 is 0 Å². The van der Waals surface area contributed by atoms with Crippen molar-refractivity contribution in [1.29, 1.82) is 0 Å². The highest BCUT2D eigenvalue weighted by molar-refractivity contribution is 8.00. The Kier molecular flexibility index (Phi) is 4.10. The van der Waals surface area contributed by atoms with Gasteiger partial charge in [-0.05, 0) is 30.2 Å². The normalized spacial score (nSPS) is 10.9. The molecule has 6 nitrogen and oxygen atoms in total. The van der Waals surface area contributed by atoms with E-state index in [1.807, 2.05) is 20.8 Å². The van der Waals surface area contributed by atoms with Crippen molar-refractivity contribution in [3.8, 4) is 0 Å². The van der Waals surface area contributed by atoms with Gasteiger partial charge in [0.2, 0.25) is 0 Å². The van der Waals surface area contributed by atoms with Gasteiger partial charge in [0.05, 0.1) is 0 Å². The molecule has 0 unspecified atom stereocenters. The van der Waals surface area contributed by atoms with Crippen LogP contribution in [0.1, 0.15) is 31.2 Å². The van der Waals surface area contributed by atoms with Gasteiger partial charge in [-0.25, -0.2) is 20.8 Å². The predicted molar refractivity (Wildman–Crippen MR) is 72.7 cm³/mol. The highest BCUT2D eigenvalue weighted by Crippen LogP contribution is 2.32. The molecule has 0 bridgehead atoms. The van der Waals surface area contributed by atoms with Gasteiger partial charge in [-0.1, -0.05) is 13.8 Å². The zero-order chi connectivity index (χ0) is 13.1. The number of nitrogen functional groups attached to an aromatic ring is 1. The molecular formula is C10H14N6S2. The first kappa shape index (κ1) is 13.2. The van der Waals surface area contributed by atoms with Crippen molar-refractivity contribution in [2.75, 3.05) is 5.43 Å². The Morgan fingerprint density at radius 1 is 1.39 bits per heavy atom. The molecule has 2 heterocycles. The van der Waals surface area contributed by atoms with Crippen LogP contribution < -0.4 is 11.3 Å².